The number of fused-ring (bicyclic) bond motifs is 5. The van der Waals surface area contributed by atoms with Gasteiger partial charge in [0.1, 0.15) is 0 Å². The average Bonchev–Trinajstić information content (AvgIpc) is 3.11. The number of benzene rings is 2. The van der Waals surface area contributed by atoms with Gasteiger partial charge in [-0.05, 0) is 29.2 Å². The van der Waals surface area contributed by atoms with Crippen molar-refractivity contribution in [3.8, 4) is 0 Å². The highest BCUT2D eigenvalue weighted by Crippen LogP contribution is 2.54. The van der Waals surface area contributed by atoms with Gasteiger partial charge in [-0.15, -0.1) is 0 Å². The zero-order valence-corrected chi connectivity index (χ0v) is 15.0. The molecule has 2 aromatic carbocycles. The standard InChI is InChI=1S/C23H19NO3/c1-13-15-9-5-6-10-16(15)20-19(13)18(25)11-17-21(20)23(27)24(22(17)26)12-14-7-3-2-4-8-14/h2-10,17,20-21H,11-12H2,1H3/t17-,20+,21-/m1/s1. The molecule has 0 spiro atoms. The number of allylic oxidation sites excluding steroid dienone is 2. The number of carbonyl (C=O) groups is 3. The van der Waals surface area contributed by atoms with Gasteiger partial charge in [0.2, 0.25) is 11.8 Å². The van der Waals surface area contributed by atoms with E-state index in [1.54, 1.807) is 0 Å². The summed E-state index contributed by atoms with van der Waals surface area (Å²) < 4.78 is 0. The minimum absolute atomic E-state index is 0.0117. The van der Waals surface area contributed by atoms with Crippen LogP contribution in [0.2, 0.25) is 0 Å². The van der Waals surface area contributed by atoms with Crippen molar-refractivity contribution in [1.29, 1.82) is 0 Å². The van der Waals surface area contributed by atoms with Gasteiger partial charge in [-0.25, -0.2) is 0 Å². The second-order valence-electron chi connectivity index (χ2n) is 7.61. The summed E-state index contributed by atoms with van der Waals surface area (Å²) in [5.41, 5.74) is 4.66. The van der Waals surface area contributed by atoms with Gasteiger partial charge in [-0.1, -0.05) is 54.6 Å². The second kappa shape index (κ2) is 5.74. The Hall–Kier alpha value is -3.01. The van der Waals surface area contributed by atoms with Gasteiger partial charge < -0.3 is 0 Å². The lowest BCUT2D eigenvalue weighted by molar-refractivity contribution is -0.140. The lowest BCUT2D eigenvalue weighted by Gasteiger charge is -2.30. The molecule has 0 unspecified atom stereocenters. The Labute approximate surface area is 157 Å². The van der Waals surface area contributed by atoms with E-state index in [-0.39, 0.29) is 36.5 Å². The molecule has 27 heavy (non-hydrogen) atoms. The number of nitrogens with zero attached hydrogens (tertiary/aromatic N) is 1. The lowest BCUT2D eigenvalue weighted by atomic mass is 9.69. The summed E-state index contributed by atoms with van der Waals surface area (Å²) in [6.07, 6.45) is 0.137. The Bertz CT molecular complexity index is 1020. The van der Waals surface area contributed by atoms with Crippen molar-refractivity contribution in [3.63, 3.8) is 0 Å². The molecule has 1 aliphatic heterocycles. The highest BCUT2D eigenvalue weighted by Gasteiger charge is 2.58. The van der Waals surface area contributed by atoms with Crippen molar-refractivity contribution in [2.75, 3.05) is 0 Å². The molecular formula is C23H19NO3. The fourth-order valence-corrected chi connectivity index (χ4v) is 5.03. The fraction of sp³-hybridized carbons (Fsp3) is 0.261. The second-order valence-corrected chi connectivity index (χ2v) is 7.61. The third-order valence-corrected chi connectivity index (χ3v) is 6.23. The fourth-order valence-electron chi connectivity index (χ4n) is 5.03. The topological polar surface area (TPSA) is 54.5 Å². The molecule has 0 radical (unpaired) electrons. The van der Waals surface area contributed by atoms with Gasteiger partial charge in [-0.2, -0.15) is 0 Å². The van der Waals surface area contributed by atoms with E-state index in [0.717, 1.165) is 27.8 Å². The first-order chi connectivity index (χ1) is 13.1. The third-order valence-electron chi connectivity index (χ3n) is 6.23. The predicted octanol–water partition coefficient (Wildman–Crippen LogP) is 3.33. The molecule has 1 saturated heterocycles. The minimum atomic E-state index is -0.540. The summed E-state index contributed by atoms with van der Waals surface area (Å²) >= 11 is 0. The Morgan fingerprint density at radius 3 is 2.41 bits per heavy atom. The molecular weight excluding hydrogens is 338 g/mol. The van der Waals surface area contributed by atoms with Crippen molar-refractivity contribution < 1.29 is 14.4 Å². The Kier molecular flexibility index (Phi) is 3.44. The van der Waals surface area contributed by atoms with Crippen LogP contribution in [0.1, 0.15) is 36.0 Å². The highest BCUT2D eigenvalue weighted by atomic mass is 16.2. The van der Waals surface area contributed by atoms with Crippen LogP contribution in [-0.2, 0) is 20.9 Å². The van der Waals surface area contributed by atoms with Crippen LogP contribution in [0.4, 0.5) is 0 Å². The van der Waals surface area contributed by atoms with Crippen molar-refractivity contribution in [1.82, 2.24) is 4.90 Å². The first-order valence-electron chi connectivity index (χ1n) is 9.30. The number of amides is 2. The van der Waals surface area contributed by atoms with Crippen LogP contribution in [0.3, 0.4) is 0 Å². The molecule has 2 fully saturated rings. The van der Waals surface area contributed by atoms with Crippen LogP contribution in [0.25, 0.3) is 5.57 Å². The number of imide groups is 1. The van der Waals surface area contributed by atoms with Crippen molar-refractivity contribution in [2.45, 2.75) is 25.8 Å². The van der Waals surface area contributed by atoms with Gasteiger partial charge in [0.25, 0.3) is 0 Å². The smallest absolute Gasteiger partial charge is 0.234 e. The van der Waals surface area contributed by atoms with E-state index in [1.807, 2.05) is 61.5 Å². The van der Waals surface area contributed by atoms with E-state index in [4.69, 9.17) is 0 Å². The molecule has 2 aromatic rings. The number of likely N-dealkylation sites (tertiary alicyclic amines) is 1. The maximum absolute atomic E-state index is 13.3. The number of carbonyl (C=O) groups excluding carboxylic acids is 3. The number of ketones is 1. The summed E-state index contributed by atoms with van der Waals surface area (Å²) in [5, 5.41) is 0. The zero-order valence-electron chi connectivity index (χ0n) is 15.0. The van der Waals surface area contributed by atoms with E-state index in [9.17, 15) is 14.4 Å². The number of rotatable bonds is 2. The van der Waals surface area contributed by atoms with Gasteiger partial charge in [-0.3, -0.25) is 19.3 Å². The zero-order chi connectivity index (χ0) is 18.7. The van der Waals surface area contributed by atoms with Crippen LogP contribution in [-0.4, -0.2) is 22.5 Å². The van der Waals surface area contributed by atoms with E-state index in [0.29, 0.717) is 0 Å². The lowest BCUT2D eigenvalue weighted by Crippen LogP contribution is -2.34. The summed E-state index contributed by atoms with van der Waals surface area (Å²) in [7, 11) is 0. The minimum Gasteiger partial charge on any atom is -0.294 e. The monoisotopic (exact) mass is 357 g/mol. The largest absolute Gasteiger partial charge is 0.294 e. The van der Waals surface area contributed by atoms with Gasteiger partial charge in [0.15, 0.2) is 5.78 Å². The molecule has 3 aliphatic rings. The molecule has 4 nitrogen and oxygen atoms in total. The Morgan fingerprint density at radius 1 is 0.926 bits per heavy atom. The Balaban J connectivity index is 1.58. The van der Waals surface area contributed by atoms with E-state index in [1.165, 1.54) is 4.90 Å². The molecule has 4 heteroatoms. The van der Waals surface area contributed by atoms with Gasteiger partial charge >= 0.3 is 0 Å². The van der Waals surface area contributed by atoms with Gasteiger partial charge in [0, 0.05) is 17.9 Å². The number of hydrogen-bond donors (Lipinski definition) is 0. The van der Waals surface area contributed by atoms with Crippen molar-refractivity contribution in [3.05, 3.63) is 76.9 Å². The van der Waals surface area contributed by atoms with Crippen molar-refractivity contribution >= 4 is 23.2 Å². The number of hydrogen-bond acceptors (Lipinski definition) is 3. The molecule has 0 bridgehead atoms. The van der Waals surface area contributed by atoms with Crippen molar-refractivity contribution in [2.24, 2.45) is 11.8 Å². The highest BCUT2D eigenvalue weighted by molar-refractivity contribution is 6.15. The van der Waals surface area contributed by atoms with E-state index in [2.05, 4.69) is 0 Å². The van der Waals surface area contributed by atoms with Gasteiger partial charge in [0.05, 0.1) is 18.4 Å². The molecule has 1 heterocycles. The molecule has 134 valence electrons. The molecule has 0 aromatic heterocycles. The normalized spacial score (nSPS) is 26.3. The quantitative estimate of drug-likeness (QED) is 0.775. The maximum atomic E-state index is 13.3. The summed E-state index contributed by atoms with van der Waals surface area (Å²) in [6, 6.07) is 17.4. The average molecular weight is 357 g/mol. The third kappa shape index (κ3) is 2.19. The first-order valence-corrected chi connectivity index (χ1v) is 9.30. The molecule has 5 rings (SSSR count). The summed E-state index contributed by atoms with van der Waals surface area (Å²) in [5.74, 6) is -1.63. The van der Waals surface area contributed by atoms with Crippen LogP contribution in [0.5, 0.6) is 0 Å². The van der Waals surface area contributed by atoms with E-state index >= 15 is 0 Å². The van der Waals surface area contributed by atoms with Crippen LogP contribution >= 0.6 is 0 Å². The van der Waals surface area contributed by atoms with Crippen LogP contribution < -0.4 is 0 Å². The first kappa shape index (κ1) is 16.2. The molecule has 2 amide bonds. The van der Waals surface area contributed by atoms with E-state index < -0.39 is 11.8 Å². The summed E-state index contributed by atoms with van der Waals surface area (Å²) in [6.45, 7) is 2.22. The molecule has 1 saturated carbocycles. The Morgan fingerprint density at radius 2 is 1.63 bits per heavy atom. The predicted molar refractivity (Wildman–Crippen MR) is 100 cm³/mol. The summed E-state index contributed by atoms with van der Waals surface area (Å²) in [4.78, 5) is 40.5. The molecule has 2 aliphatic carbocycles. The number of Topliss-reactive ketones (excluding diaryl/α,β-unsaturated/α-hetero) is 1. The molecule has 3 atom stereocenters. The SMILES string of the molecule is CC1=C2C(=O)C[C@H]3C(=O)N(Cc4ccccc4)C(=O)[C@H]3[C@H]2c2ccccc21. The molecule has 0 N–H and O–H groups in total. The van der Waals surface area contributed by atoms with Crippen LogP contribution in [0, 0.1) is 11.8 Å². The van der Waals surface area contributed by atoms with Crippen LogP contribution in [0.15, 0.2) is 60.2 Å². The maximum Gasteiger partial charge on any atom is 0.234 e.